The lowest BCUT2D eigenvalue weighted by Crippen LogP contribution is -2.30. The summed E-state index contributed by atoms with van der Waals surface area (Å²) in [6.45, 7) is 6.38. The molecule has 6 nitrogen and oxygen atoms in total. The number of carbonyl (C=O) groups is 3. The normalized spacial score (nSPS) is 13.0. The molecule has 0 rings (SSSR count). The molecule has 0 saturated carbocycles. The minimum atomic E-state index is -0.822. The van der Waals surface area contributed by atoms with Crippen molar-refractivity contribution in [3.8, 4) is 0 Å². The van der Waals surface area contributed by atoms with E-state index < -0.39 is 6.10 Å². The maximum Gasteiger partial charge on any atom is 0.306 e. The lowest BCUT2D eigenvalue weighted by atomic mass is 10.1. The molecule has 0 N–H and O–H groups in total. The first-order chi connectivity index (χ1) is 34.0. The van der Waals surface area contributed by atoms with Gasteiger partial charge in [-0.3, -0.25) is 14.4 Å². The topological polar surface area (TPSA) is 78.9 Å². The molecule has 0 amide bonds. The van der Waals surface area contributed by atoms with Crippen molar-refractivity contribution >= 4 is 17.9 Å². The highest BCUT2D eigenvalue weighted by Crippen LogP contribution is 2.13. The Balaban J connectivity index is 4.55. The smallest absolute Gasteiger partial charge is 0.306 e. The van der Waals surface area contributed by atoms with Crippen LogP contribution in [0.2, 0.25) is 0 Å². The molecule has 0 radical (unpaired) electrons. The first kappa shape index (κ1) is 64.8. The molecule has 0 aromatic heterocycles. The molecule has 6 heteroatoms. The quantitative estimate of drug-likeness (QED) is 0.0199. The van der Waals surface area contributed by atoms with Gasteiger partial charge < -0.3 is 14.2 Å². The van der Waals surface area contributed by atoms with Crippen molar-refractivity contribution in [2.75, 3.05) is 13.2 Å². The summed E-state index contributed by atoms with van der Waals surface area (Å²) in [7, 11) is 0. The van der Waals surface area contributed by atoms with Crippen LogP contribution in [0.25, 0.3) is 0 Å². The molecule has 0 fully saturated rings. The standard InChI is InChI=1S/C63H102O6/c1-4-7-10-13-16-19-22-25-28-30-31-33-35-38-41-44-47-50-53-56-62(65)68-59-60(58-67-61(64)55-52-49-46-43-40-37-34-27-24-21-18-15-12-9-6-3)69-63(66)57-54-51-48-45-42-39-36-32-29-26-23-20-17-14-11-8-5-2/h7,10,16-21,24-29,31,33,38,41,47,50,60H,4-6,8-9,11-15,22-23,30,32,34-37,39-40,42-46,48-49,51-59H2,1-3H3/b10-7-,19-16-,20-17-,21-18-,27-24-,28-25-,29-26-,33-31-,41-38-,50-47-. The predicted molar refractivity (Wildman–Crippen MR) is 297 cm³/mol. The maximum atomic E-state index is 12.8. The van der Waals surface area contributed by atoms with E-state index in [1.54, 1.807) is 0 Å². The number of unbranched alkanes of at least 4 members (excludes halogenated alkanes) is 19. The van der Waals surface area contributed by atoms with Crippen molar-refractivity contribution in [1.29, 1.82) is 0 Å². The average molecular weight is 956 g/mol. The molecule has 0 aliphatic carbocycles. The molecule has 0 saturated heterocycles. The Labute approximate surface area is 424 Å². The Morgan fingerprint density at radius 3 is 1.06 bits per heavy atom. The van der Waals surface area contributed by atoms with E-state index in [4.69, 9.17) is 14.2 Å². The summed E-state index contributed by atoms with van der Waals surface area (Å²) in [5, 5.41) is 0. The van der Waals surface area contributed by atoms with E-state index in [0.717, 1.165) is 103 Å². The zero-order valence-corrected chi connectivity index (χ0v) is 44.5. The fourth-order valence-corrected chi connectivity index (χ4v) is 7.25. The Morgan fingerprint density at radius 1 is 0.319 bits per heavy atom. The van der Waals surface area contributed by atoms with Crippen molar-refractivity contribution in [1.82, 2.24) is 0 Å². The van der Waals surface area contributed by atoms with Crippen molar-refractivity contribution in [3.63, 3.8) is 0 Å². The van der Waals surface area contributed by atoms with E-state index >= 15 is 0 Å². The molecule has 1 atom stereocenters. The summed E-state index contributed by atoms with van der Waals surface area (Å²) in [5.41, 5.74) is 0. The minimum absolute atomic E-state index is 0.114. The summed E-state index contributed by atoms with van der Waals surface area (Å²) >= 11 is 0. The van der Waals surface area contributed by atoms with Crippen LogP contribution in [0.1, 0.15) is 239 Å². The molecule has 0 aromatic rings. The Bertz CT molecular complexity index is 1470. The number of rotatable bonds is 49. The summed E-state index contributed by atoms with van der Waals surface area (Å²) in [5.74, 6) is -1.02. The van der Waals surface area contributed by atoms with Crippen LogP contribution in [0, 0.1) is 0 Å². The first-order valence-corrected chi connectivity index (χ1v) is 28.1. The van der Waals surface area contributed by atoms with Gasteiger partial charge in [-0.15, -0.1) is 0 Å². The fourth-order valence-electron chi connectivity index (χ4n) is 7.25. The SMILES string of the molecule is CC/C=C\C/C=C\C/C=C\C/C=C\C/C=C\C/C=C\CCC(=O)OCC(COC(=O)CCCCCCCC/C=C\C=C/CCCCC)OC(=O)CCCCCCCCC/C=C\C/C=C\CCCCC. The molecule has 0 aromatic carbocycles. The second-order valence-electron chi connectivity index (χ2n) is 18.1. The van der Waals surface area contributed by atoms with Gasteiger partial charge in [-0.05, 0) is 116 Å². The fraction of sp³-hybridized carbons (Fsp3) is 0.635. The minimum Gasteiger partial charge on any atom is -0.462 e. The molecule has 0 aliphatic heterocycles. The van der Waals surface area contributed by atoms with Gasteiger partial charge in [-0.25, -0.2) is 0 Å². The van der Waals surface area contributed by atoms with Crippen LogP contribution >= 0.6 is 0 Å². The van der Waals surface area contributed by atoms with Gasteiger partial charge >= 0.3 is 17.9 Å². The number of carbonyl (C=O) groups excluding carboxylic acids is 3. The van der Waals surface area contributed by atoms with E-state index in [-0.39, 0.29) is 37.5 Å². The predicted octanol–water partition coefficient (Wildman–Crippen LogP) is 18.9. The summed E-state index contributed by atoms with van der Waals surface area (Å²) in [6.07, 6.45) is 77.6. The third-order valence-corrected chi connectivity index (χ3v) is 11.5. The van der Waals surface area contributed by atoms with Crippen molar-refractivity contribution in [2.45, 2.75) is 245 Å². The van der Waals surface area contributed by atoms with E-state index in [9.17, 15) is 14.4 Å². The lowest BCUT2D eigenvalue weighted by Gasteiger charge is -2.18. The first-order valence-electron chi connectivity index (χ1n) is 28.1. The Hall–Kier alpha value is -4.19. The Morgan fingerprint density at radius 2 is 0.638 bits per heavy atom. The molecule has 0 spiro atoms. The number of hydrogen-bond acceptors (Lipinski definition) is 6. The second kappa shape index (κ2) is 56.4. The number of ether oxygens (including phenoxy) is 3. The molecular formula is C63H102O6. The van der Waals surface area contributed by atoms with E-state index in [0.29, 0.717) is 19.3 Å². The van der Waals surface area contributed by atoms with Crippen molar-refractivity contribution in [3.05, 3.63) is 122 Å². The monoisotopic (exact) mass is 955 g/mol. The third kappa shape index (κ3) is 54.6. The van der Waals surface area contributed by atoms with Crippen LogP contribution in [0.15, 0.2) is 122 Å². The number of hydrogen-bond donors (Lipinski definition) is 0. The van der Waals surface area contributed by atoms with Crippen molar-refractivity contribution < 1.29 is 28.6 Å². The summed E-state index contributed by atoms with van der Waals surface area (Å²) in [6, 6.07) is 0. The summed E-state index contributed by atoms with van der Waals surface area (Å²) in [4.78, 5) is 38.1. The molecule has 0 bridgehead atoms. The highest BCUT2D eigenvalue weighted by Gasteiger charge is 2.19. The van der Waals surface area contributed by atoms with E-state index in [1.165, 1.54) is 89.9 Å². The number of esters is 3. The van der Waals surface area contributed by atoms with Gasteiger partial charge in [0, 0.05) is 19.3 Å². The Kier molecular flexibility index (Phi) is 53.0. The van der Waals surface area contributed by atoms with Crippen LogP contribution in [-0.2, 0) is 28.6 Å². The van der Waals surface area contributed by atoms with Gasteiger partial charge in [0.2, 0.25) is 0 Å². The van der Waals surface area contributed by atoms with Crippen LogP contribution in [0.5, 0.6) is 0 Å². The maximum absolute atomic E-state index is 12.8. The molecule has 1 unspecified atom stereocenters. The molecule has 0 heterocycles. The van der Waals surface area contributed by atoms with Gasteiger partial charge in [0.1, 0.15) is 13.2 Å². The summed E-state index contributed by atoms with van der Waals surface area (Å²) < 4.78 is 16.8. The van der Waals surface area contributed by atoms with Crippen LogP contribution in [0.4, 0.5) is 0 Å². The lowest BCUT2D eigenvalue weighted by molar-refractivity contribution is -0.166. The highest BCUT2D eigenvalue weighted by molar-refractivity contribution is 5.71. The number of allylic oxidation sites excluding steroid dienone is 20. The second-order valence-corrected chi connectivity index (χ2v) is 18.1. The van der Waals surface area contributed by atoms with Crippen LogP contribution in [-0.4, -0.2) is 37.2 Å². The molecule has 0 aliphatic rings. The van der Waals surface area contributed by atoms with Gasteiger partial charge in [-0.2, -0.15) is 0 Å². The third-order valence-electron chi connectivity index (χ3n) is 11.5. The zero-order valence-electron chi connectivity index (χ0n) is 44.5. The van der Waals surface area contributed by atoms with Gasteiger partial charge in [0.15, 0.2) is 6.10 Å². The van der Waals surface area contributed by atoms with Crippen LogP contribution in [0.3, 0.4) is 0 Å². The van der Waals surface area contributed by atoms with E-state index in [2.05, 4.69) is 136 Å². The molecular weight excluding hydrogens is 853 g/mol. The average Bonchev–Trinajstić information content (AvgIpc) is 3.35. The van der Waals surface area contributed by atoms with Crippen molar-refractivity contribution in [2.24, 2.45) is 0 Å². The zero-order chi connectivity index (χ0) is 50.0. The van der Waals surface area contributed by atoms with Crippen LogP contribution < -0.4 is 0 Å². The van der Waals surface area contributed by atoms with E-state index in [1.807, 2.05) is 6.08 Å². The molecule has 69 heavy (non-hydrogen) atoms. The van der Waals surface area contributed by atoms with Gasteiger partial charge in [0.05, 0.1) is 0 Å². The largest absolute Gasteiger partial charge is 0.462 e. The highest BCUT2D eigenvalue weighted by atomic mass is 16.6. The van der Waals surface area contributed by atoms with Gasteiger partial charge in [-0.1, -0.05) is 226 Å². The molecule has 390 valence electrons. The van der Waals surface area contributed by atoms with Gasteiger partial charge in [0.25, 0.3) is 0 Å².